The van der Waals surface area contributed by atoms with Crippen LogP contribution < -0.4 is 5.32 Å². The van der Waals surface area contributed by atoms with Crippen LogP contribution in [0.25, 0.3) is 0 Å². The third-order valence-corrected chi connectivity index (χ3v) is 5.32. The molecule has 2 unspecified atom stereocenters. The first-order valence-electron chi connectivity index (χ1n) is 9.63. The highest BCUT2D eigenvalue weighted by atomic mass is 127. The Morgan fingerprint density at radius 2 is 1.96 bits per heavy atom. The molecule has 0 aromatic carbocycles. The number of hydrogen-bond acceptors (Lipinski definition) is 4. The van der Waals surface area contributed by atoms with Crippen molar-refractivity contribution in [3.05, 3.63) is 0 Å². The summed E-state index contributed by atoms with van der Waals surface area (Å²) in [5.41, 5.74) is 0. The fourth-order valence-electron chi connectivity index (χ4n) is 3.89. The summed E-state index contributed by atoms with van der Waals surface area (Å²) >= 11 is 0. The van der Waals surface area contributed by atoms with Crippen LogP contribution in [0.1, 0.15) is 39.5 Å². The van der Waals surface area contributed by atoms with Crippen molar-refractivity contribution in [2.45, 2.75) is 63.8 Å². The van der Waals surface area contributed by atoms with Crippen molar-refractivity contribution < 1.29 is 9.47 Å². The second-order valence-electron chi connectivity index (χ2n) is 7.44. The smallest absolute Gasteiger partial charge is 0.193 e. The molecule has 0 radical (unpaired) electrons. The van der Waals surface area contributed by atoms with E-state index in [1.54, 1.807) is 0 Å². The van der Waals surface area contributed by atoms with Gasteiger partial charge in [-0.25, -0.2) is 0 Å². The lowest BCUT2D eigenvalue weighted by Crippen LogP contribution is -2.54. The van der Waals surface area contributed by atoms with Gasteiger partial charge in [-0.05, 0) is 39.5 Å². The van der Waals surface area contributed by atoms with E-state index in [2.05, 4.69) is 34.0 Å². The van der Waals surface area contributed by atoms with E-state index in [4.69, 9.17) is 9.47 Å². The van der Waals surface area contributed by atoms with Gasteiger partial charge < -0.3 is 19.7 Å². The van der Waals surface area contributed by atoms with Gasteiger partial charge in [0.15, 0.2) is 5.96 Å². The molecule has 1 N–H and O–H groups in total. The molecule has 2 atom stereocenters. The molecule has 146 valence electrons. The van der Waals surface area contributed by atoms with E-state index in [1.165, 1.54) is 12.8 Å². The van der Waals surface area contributed by atoms with Crippen molar-refractivity contribution in [1.29, 1.82) is 0 Å². The molecule has 2 heterocycles. The molecular weight excluding hydrogens is 431 g/mol. The maximum atomic E-state index is 5.94. The predicted octanol–water partition coefficient (Wildman–Crippen LogP) is 1.93. The highest BCUT2D eigenvalue weighted by Crippen LogP contribution is 2.28. The summed E-state index contributed by atoms with van der Waals surface area (Å²) < 4.78 is 11.8. The Morgan fingerprint density at radius 1 is 1.20 bits per heavy atom. The summed E-state index contributed by atoms with van der Waals surface area (Å²) in [6.07, 6.45) is 5.44. The van der Waals surface area contributed by atoms with Gasteiger partial charge >= 0.3 is 0 Å². The highest BCUT2D eigenvalue weighted by molar-refractivity contribution is 14.0. The number of rotatable bonds is 6. The molecule has 1 aliphatic carbocycles. The van der Waals surface area contributed by atoms with Crippen LogP contribution in [-0.2, 0) is 9.47 Å². The van der Waals surface area contributed by atoms with E-state index >= 15 is 0 Å². The fourth-order valence-corrected chi connectivity index (χ4v) is 3.89. The van der Waals surface area contributed by atoms with Crippen LogP contribution in [0.2, 0.25) is 0 Å². The average Bonchev–Trinajstić information content (AvgIpc) is 3.27. The molecule has 0 aromatic heterocycles. The largest absolute Gasteiger partial charge is 0.375 e. The maximum Gasteiger partial charge on any atom is 0.193 e. The zero-order chi connectivity index (χ0) is 16.9. The lowest BCUT2D eigenvalue weighted by molar-refractivity contribution is -0.0817. The second kappa shape index (κ2) is 10.3. The molecule has 3 rings (SSSR count). The summed E-state index contributed by atoms with van der Waals surface area (Å²) in [7, 11) is 1.87. The maximum absolute atomic E-state index is 5.94. The molecule has 0 spiro atoms. The number of morpholine rings is 1. The van der Waals surface area contributed by atoms with Crippen LogP contribution in [-0.4, -0.2) is 86.5 Å². The van der Waals surface area contributed by atoms with Crippen LogP contribution in [0, 0.1) is 0 Å². The van der Waals surface area contributed by atoms with Crippen LogP contribution in [0.5, 0.6) is 0 Å². The molecule has 6 nitrogen and oxygen atoms in total. The van der Waals surface area contributed by atoms with E-state index in [1.807, 2.05) is 7.05 Å². The van der Waals surface area contributed by atoms with E-state index in [-0.39, 0.29) is 36.2 Å². The second-order valence-corrected chi connectivity index (χ2v) is 7.44. The van der Waals surface area contributed by atoms with Gasteiger partial charge in [-0.2, -0.15) is 0 Å². The molecule has 0 amide bonds. The van der Waals surface area contributed by atoms with E-state index in [0.717, 1.165) is 64.2 Å². The molecule has 2 saturated heterocycles. The zero-order valence-electron chi connectivity index (χ0n) is 15.9. The molecule has 3 aliphatic rings. The number of halogens is 1. The minimum atomic E-state index is 0. The quantitative estimate of drug-likeness (QED) is 0.369. The number of nitrogens with one attached hydrogen (secondary N) is 1. The Morgan fingerprint density at radius 3 is 2.56 bits per heavy atom. The molecular formula is C18H35IN4O2. The van der Waals surface area contributed by atoms with Crippen molar-refractivity contribution in [1.82, 2.24) is 15.1 Å². The minimum absolute atomic E-state index is 0. The standard InChI is InChI=1S/C18H34N4O2.HI/c1-14(2)22(15-6-7-15)9-8-20-18(19-3)21-10-12-24-17(13-21)16-5-4-11-23-16;/h14-17H,4-13H2,1-3H3,(H,19,20);1H. The first-order valence-corrected chi connectivity index (χ1v) is 9.63. The van der Waals surface area contributed by atoms with Gasteiger partial charge in [0.25, 0.3) is 0 Å². The van der Waals surface area contributed by atoms with Crippen molar-refractivity contribution in [2.75, 3.05) is 46.4 Å². The molecule has 2 aliphatic heterocycles. The predicted molar refractivity (Wildman–Crippen MR) is 112 cm³/mol. The molecule has 0 bridgehead atoms. The minimum Gasteiger partial charge on any atom is -0.375 e. The van der Waals surface area contributed by atoms with E-state index in [0.29, 0.717) is 6.04 Å². The van der Waals surface area contributed by atoms with E-state index < -0.39 is 0 Å². The third-order valence-electron chi connectivity index (χ3n) is 5.32. The van der Waals surface area contributed by atoms with Crippen LogP contribution in [0.4, 0.5) is 0 Å². The molecule has 1 saturated carbocycles. The van der Waals surface area contributed by atoms with Crippen molar-refractivity contribution in [2.24, 2.45) is 4.99 Å². The Hall–Kier alpha value is -0.120. The van der Waals surface area contributed by atoms with Crippen LogP contribution >= 0.6 is 24.0 Å². The van der Waals surface area contributed by atoms with Crippen LogP contribution in [0.3, 0.4) is 0 Å². The Labute approximate surface area is 169 Å². The van der Waals surface area contributed by atoms with E-state index in [9.17, 15) is 0 Å². The topological polar surface area (TPSA) is 49.3 Å². The third kappa shape index (κ3) is 5.94. The first-order chi connectivity index (χ1) is 11.7. The van der Waals surface area contributed by atoms with Gasteiger partial charge in [-0.3, -0.25) is 9.89 Å². The Bertz CT molecular complexity index is 423. The lowest BCUT2D eigenvalue weighted by Gasteiger charge is -2.37. The van der Waals surface area contributed by atoms with Crippen molar-refractivity contribution in [3.8, 4) is 0 Å². The number of nitrogens with zero attached hydrogens (tertiary/aromatic N) is 3. The summed E-state index contributed by atoms with van der Waals surface area (Å²) in [6, 6.07) is 1.43. The van der Waals surface area contributed by atoms with Gasteiger partial charge in [0, 0.05) is 51.9 Å². The molecule has 25 heavy (non-hydrogen) atoms. The summed E-state index contributed by atoms with van der Waals surface area (Å²) in [4.78, 5) is 9.42. The molecule has 0 aromatic rings. The first kappa shape index (κ1) is 21.2. The SMILES string of the molecule is CN=C(NCCN(C(C)C)C1CC1)N1CCOC(C2CCCO2)C1.I. The van der Waals surface area contributed by atoms with Gasteiger partial charge in [0.05, 0.1) is 12.7 Å². The summed E-state index contributed by atoms with van der Waals surface area (Å²) in [5.74, 6) is 1.00. The number of ether oxygens (including phenoxy) is 2. The average molecular weight is 466 g/mol. The summed E-state index contributed by atoms with van der Waals surface area (Å²) in [6.45, 7) is 10.0. The highest BCUT2D eigenvalue weighted by Gasteiger charge is 2.33. The number of aliphatic imine (C=N–C) groups is 1. The fraction of sp³-hybridized carbons (Fsp3) is 0.944. The lowest BCUT2D eigenvalue weighted by atomic mass is 10.1. The van der Waals surface area contributed by atoms with Gasteiger partial charge in [0.1, 0.15) is 6.10 Å². The van der Waals surface area contributed by atoms with Crippen molar-refractivity contribution >= 4 is 29.9 Å². The van der Waals surface area contributed by atoms with Crippen LogP contribution in [0.15, 0.2) is 4.99 Å². The van der Waals surface area contributed by atoms with Gasteiger partial charge in [-0.15, -0.1) is 24.0 Å². The Kier molecular flexibility index (Phi) is 8.71. The number of hydrogen-bond donors (Lipinski definition) is 1. The van der Waals surface area contributed by atoms with Gasteiger partial charge in [0.2, 0.25) is 0 Å². The normalized spacial score (nSPS) is 27.7. The zero-order valence-corrected chi connectivity index (χ0v) is 18.3. The van der Waals surface area contributed by atoms with Gasteiger partial charge in [-0.1, -0.05) is 0 Å². The number of guanidine groups is 1. The molecule has 7 heteroatoms. The molecule has 3 fully saturated rings. The monoisotopic (exact) mass is 466 g/mol. The Balaban J connectivity index is 0.00000225. The summed E-state index contributed by atoms with van der Waals surface area (Å²) in [5, 5.41) is 3.56. The van der Waals surface area contributed by atoms with Crippen molar-refractivity contribution in [3.63, 3.8) is 0 Å².